The average Bonchev–Trinajstić information content (AvgIpc) is 3.09. The number of nitrogen functional groups attached to an aromatic ring is 1. The third-order valence-electron chi connectivity index (χ3n) is 5.16. The lowest BCUT2D eigenvalue weighted by molar-refractivity contribution is 0.248. The van der Waals surface area contributed by atoms with Crippen LogP contribution in [0.4, 0.5) is 34.6 Å². The van der Waals surface area contributed by atoms with E-state index in [1.807, 2.05) is 29.9 Å². The summed E-state index contributed by atoms with van der Waals surface area (Å²) in [4.78, 5) is 9.56. The Labute approximate surface area is 188 Å². The number of aliphatic hydroxyl groups is 1. The van der Waals surface area contributed by atoms with Crippen molar-refractivity contribution in [2.24, 2.45) is 5.92 Å². The number of anilines is 6. The first-order valence-electron chi connectivity index (χ1n) is 10.6. The van der Waals surface area contributed by atoms with E-state index in [1.54, 1.807) is 12.1 Å². The summed E-state index contributed by atoms with van der Waals surface area (Å²) < 4.78 is 0. The number of rotatable bonds is 8. The van der Waals surface area contributed by atoms with Gasteiger partial charge in [-0.1, -0.05) is 25.4 Å². The minimum absolute atomic E-state index is 0.0150. The molecule has 0 bridgehead atoms. The zero-order chi connectivity index (χ0) is 22.9. The number of aromatic nitrogens is 2. The molecule has 2 heterocycles. The maximum Gasteiger partial charge on any atom is 0.227 e. The molecular formula is C21H33ClN8O. The van der Waals surface area contributed by atoms with Crippen molar-refractivity contribution in [1.82, 2.24) is 15.5 Å². The maximum atomic E-state index is 9.78. The fourth-order valence-corrected chi connectivity index (χ4v) is 3.40. The molecule has 0 fully saturated rings. The van der Waals surface area contributed by atoms with Crippen LogP contribution in [0.2, 0.25) is 5.02 Å². The van der Waals surface area contributed by atoms with Gasteiger partial charge in [0.25, 0.3) is 0 Å². The van der Waals surface area contributed by atoms with E-state index in [0.29, 0.717) is 22.5 Å². The van der Waals surface area contributed by atoms with Gasteiger partial charge < -0.3 is 21.5 Å². The number of nitrogens with one attached hydrogen (secondary N) is 3. The van der Waals surface area contributed by atoms with Gasteiger partial charge in [0.2, 0.25) is 5.95 Å². The Hall–Kier alpha value is -2.49. The van der Waals surface area contributed by atoms with Crippen LogP contribution in [0.25, 0.3) is 0 Å². The van der Waals surface area contributed by atoms with Gasteiger partial charge in [0, 0.05) is 17.8 Å². The zero-order valence-corrected chi connectivity index (χ0v) is 19.7. The molecule has 1 aliphatic rings. The third kappa shape index (κ3) is 4.89. The lowest BCUT2D eigenvalue weighted by atomic mass is 10.1. The normalized spacial score (nSPS) is 14.5. The van der Waals surface area contributed by atoms with E-state index in [0.717, 1.165) is 17.2 Å². The zero-order valence-electron chi connectivity index (χ0n) is 18.9. The van der Waals surface area contributed by atoms with Crippen molar-refractivity contribution < 1.29 is 5.11 Å². The molecule has 3 rings (SSSR count). The minimum Gasteiger partial charge on any atom is -0.397 e. The van der Waals surface area contributed by atoms with E-state index in [1.165, 1.54) is 0 Å². The van der Waals surface area contributed by atoms with Crippen molar-refractivity contribution in [1.29, 1.82) is 0 Å². The second-order valence-electron chi connectivity index (χ2n) is 8.63. The van der Waals surface area contributed by atoms with Gasteiger partial charge in [-0.15, -0.1) is 5.53 Å². The standard InChI is InChI=1S/C21H33ClN8O/c1-11(2)17(10-31)25-21-26-19(24-14-7-8-15(22)16(23)9-14)18-20(27-21)30(13(5)6)28-29(18)12(3)4/h7-9,11-13,17,28,31H,10,23H2,1-6H3,(H2,24,25,26,27)/t17-/m0/s1. The summed E-state index contributed by atoms with van der Waals surface area (Å²) in [5, 5.41) is 21.0. The van der Waals surface area contributed by atoms with E-state index in [2.05, 4.69) is 43.9 Å². The second kappa shape index (κ2) is 9.33. The summed E-state index contributed by atoms with van der Waals surface area (Å²) in [5.74, 6) is 2.03. The summed E-state index contributed by atoms with van der Waals surface area (Å²) in [7, 11) is 0. The van der Waals surface area contributed by atoms with Crippen LogP contribution in [0.5, 0.6) is 0 Å². The fourth-order valence-electron chi connectivity index (χ4n) is 3.28. The Bertz CT molecular complexity index is 920. The molecule has 1 aliphatic heterocycles. The van der Waals surface area contributed by atoms with Crippen molar-refractivity contribution in [2.45, 2.75) is 59.7 Å². The number of nitrogens with zero attached hydrogens (tertiary/aromatic N) is 4. The van der Waals surface area contributed by atoms with Crippen LogP contribution < -0.4 is 31.9 Å². The van der Waals surface area contributed by atoms with Crippen LogP contribution >= 0.6 is 11.6 Å². The first-order valence-corrected chi connectivity index (χ1v) is 11.0. The van der Waals surface area contributed by atoms with Crippen LogP contribution in [-0.4, -0.2) is 39.8 Å². The molecule has 0 amide bonds. The monoisotopic (exact) mass is 448 g/mol. The molecule has 0 saturated carbocycles. The van der Waals surface area contributed by atoms with Gasteiger partial charge >= 0.3 is 0 Å². The first kappa shape index (κ1) is 23.2. The SMILES string of the molecule is CC(C)[C@H](CO)Nc1nc(Nc2ccc(Cl)c(N)c2)c2c(n1)N(C(C)C)NN2C(C)C. The first-order chi connectivity index (χ1) is 14.6. The number of halogens is 1. The van der Waals surface area contributed by atoms with Gasteiger partial charge in [-0.3, -0.25) is 10.0 Å². The minimum atomic E-state index is -0.167. The highest BCUT2D eigenvalue weighted by Crippen LogP contribution is 2.41. The van der Waals surface area contributed by atoms with E-state index in [4.69, 9.17) is 27.3 Å². The molecule has 10 heteroatoms. The highest BCUT2D eigenvalue weighted by Gasteiger charge is 2.35. The molecule has 0 saturated heterocycles. The van der Waals surface area contributed by atoms with E-state index in [-0.39, 0.29) is 30.7 Å². The van der Waals surface area contributed by atoms with Gasteiger partial charge in [0.15, 0.2) is 11.6 Å². The molecular weight excluding hydrogens is 416 g/mol. The molecule has 9 nitrogen and oxygen atoms in total. The number of benzene rings is 1. The fraction of sp³-hybridized carbons (Fsp3) is 0.524. The third-order valence-corrected chi connectivity index (χ3v) is 5.50. The number of fused-ring (bicyclic) bond motifs is 1. The highest BCUT2D eigenvalue weighted by molar-refractivity contribution is 6.33. The Morgan fingerprint density at radius 2 is 1.77 bits per heavy atom. The van der Waals surface area contributed by atoms with Crippen molar-refractivity contribution >= 4 is 46.2 Å². The average molecular weight is 449 g/mol. The van der Waals surface area contributed by atoms with Crippen molar-refractivity contribution in [3.05, 3.63) is 23.2 Å². The van der Waals surface area contributed by atoms with Gasteiger partial charge in [0.1, 0.15) is 5.69 Å². The molecule has 1 aromatic heterocycles. The van der Waals surface area contributed by atoms with Crippen molar-refractivity contribution in [3.63, 3.8) is 0 Å². The van der Waals surface area contributed by atoms with E-state index < -0.39 is 0 Å². The predicted octanol–water partition coefficient (Wildman–Crippen LogP) is 3.75. The molecule has 0 aliphatic carbocycles. The van der Waals surface area contributed by atoms with Crippen molar-refractivity contribution in [2.75, 3.05) is 33.0 Å². The Morgan fingerprint density at radius 3 is 2.32 bits per heavy atom. The number of nitrogens with two attached hydrogens (primary N) is 1. The molecule has 170 valence electrons. The maximum absolute atomic E-state index is 9.78. The van der Waals surface area contributed by atoms with Crippen LogP contribution in [-0.2, 0) is 0 Å². The van der Waals surface area contributed by atoms with Crippen molar-refractivity contribution in [3.8, 4) is 0 Å². The highest BCUT2D eigenvalue weighted by atomic mass is 35.5. The van der Waals surface area contributed by atoms with Gasteiger partial charge in [0.05, 0.1) is 23.4 Å². The molecule has 0 unspecified atom stereocenters. The summed E-state index contributed by atoms with van der Waals surface area (Å²) >= 11 is 6.09. The number of hydrazine groups is 2. The molecule has 1 atom stereocenters. The molecule has 2 aromatic rings. The summed E-state index contributed by atoms with van der Waals surface area (Å²) in [6.45, 7) is 12.4. The molecule has 1 aromatic carbocycles. The largest absolute Gasteiger partial charge is 0.397 e. The van der Waals surface area contributed by atoms with Gasteiger partial charge in [-0.05, 0) is 51.8 Å². The smallest absolute Gasteiger partial charge is 0.227 e. The van der Waals surface area contributed by atoms with Crippen LogP contribution in [0.15, 0.2) is 18.2 Å². The Balaban J connectivity index is 2.11. The van der Waals surface area contributed by atoms with Gasteiger partial charge in [-0.25, -0.2) is 0 Å². The molecule has 6 N–H and O–H groups in total. The van der Waals surface area contributed by atoms with Gasteiger partial charge in [-0.2, -0.15) is 9.97 Å². The number of aliphatic hydroxyl groups excluding tert-OH is 1. The van der Waals surface area contributed by atoms with E-state index in [9.17, 15) is 5.11 Å². The lowest BCUT2D eigenvalue weighted by Crippen LogP contribution is -2.50. The number of hydrogen-bond acceptors (Lipinski definition) is 9. The summed E-state index contributed by atoms with van der Waals surface area (Å²) in [5.41, 5.74) is 11.5. The topological polar surface area (TPSA) is 115 Å². The Kier molecular flexibility index (Phi) is 6.98. The number of hydrogen-bond donors (Lipinski definition) is 5. The quantitative estimate of drug-likeness (QED) is 0.385. The molecule has 0 radical (unpaired) electrons. The summed E-state index contributed by atoms with van der Waals surface area (Å²) in [6.07, 6.45) is 0. The van der Waals surface area contributed by atoms with E-state index >= 15 is 0 Å². The second-order valence-corrected chi connectivity index (χ2v) is 9.04. The van der Waals surface area contributed by atoms with Crippen LogP contribution in [0.3, 0.4) is 0 Å². The molecule has 31 heavy (non-hydrogen) atoms. The Morgan fingerprint density at radius 1 is 1.10 bits per heavy atom. The van der Waals surface area contributed by atoms with Crippen LogP contribution in [0, 0.1) is 5.92 Å². The summed E-state index contributed by atoms with van der Waals surface area (Å²) in [6, 6.07) is 5.52. The van der Waals surface area contributed by atoms with Crippen LogP contribution in [0.1, 0.15) is 41.5 Å². The molecule has 0 spiro atoms. The lowest BCUT2D eigenvalue weighted by Gasteiger charge is -2.27. The predicted molar refractivity (Wildman–Crippen MR) is 129 cm³/mol.